The Morgan fingerprint density at radius 1 is 1.28 bits per heavy atom. The molecule has 0 saturated heterocycles. The summed E-state index contributed by atoms with van der Waals surface area (Å²) in [6.45, 7) is 11.9. The number of aliphatic imine (C=N–C) groups is 2. The van der Waals surface area contributed by atoms with E-state index in [0.717, 1.165) is 34.7 Å². The van der Waals surface area contributed by atoms with Gasteiger partial charge in [-0.15, -0.1) is 0 Å². The number of hydrogen-bond donors (Lipinski definition) is 1. The number of amides is 1. The molecule has 0 aromatic carbocycles. The van der Waals surface area contributed by atoms with Crippen LogP contribution in [0.3, 0.4) is 0 Å². The van der Waals surface area contributed by atoms with Gasteiger partial charge in [-0.3, -0.25) is 9.78 Å². The second kappa shape index (κ2) is 10.1. The molecule has 25 heavy (non-hydrogen) atoms. The smallest absolute Gasteiger partial charge is 0.269 e. The van der Waals surface area contributed by atoms with Crippen LogP contribution in [-0.4, -0.2) is 30.0 Å². The molecule has 0 unspecified atom stereocenters. The summed E-state index contributed by atoms with van der Waals surface area (Å²) in [6.07, 6.45) is 8.27. The molecule has 0 aliphatic rings. The number of aromatic nitrogens is 1. The van der Waals surface area contributed by atoms with Crippen molar-refractivity contribution < 1.29 is 4.79 Å². The molecule has 1 N–H and O–H groups in total. The third kappa shape index (κ3) is 6.67. The summed E-state index contributed by atoms with van der Waals surface area (Å²) in [7, 11) is 1.58. The number of hydrogen-bond acceptors (Lipinski definition) is 3. The van der Waals surface area contributed by atoms with Gasteiger partial charge in [-0.2, -0.15) is 0 Å². The van der Waals surface area contributed by atoms with Crippen molar-refractivity contribution in [1.82, 2.24) is 10.3 Å². The summed E-state index contributed by atoms with van der Waals surface area (Å²) < 4.78 is 0. The van der Waals surface area contributed by atoms with E-state index in [1.165, 1.54) is 0 Å². The van der Waals surface area contributed by atoms with E-state index >= 15 is 0 Å². The second-order valence-electron chi connectivity index (χ2n) is 5.53. The number of nitrogens with one attached hydrogen (secondary N) is 1. The first-order chi connectivity index (χ1) is 11.9. The minimum absolute atomic E-state index is 0.207. The molecular formula is C20H26N4O. The molecule has 0 fully saturated rings. The van der Waals surface area contributed by atoms with Crippen LogP contribution < -0.4 is 5.32 Å². The summed E-state index contributed by atoms with van der Waals surface area (Å²) in [5.74, 6) is 0.524. The van der Waals surface area contributed by atoms with E-state index in [-0.39, 0.29) is 5.91 Å². The van der Waals surface area contributed by atoms with Crippen LogP contribution in [-0.2, 0) is 0 Å². The lowest BCUT2D eigenvalue weighted by atomic mass is 10.0. The van der Waals surface area contributed by atoms with E-state index < -0.39 is 0 Å². The number of pyridine rings is 1. The van der Waals surface area contributed by atoms with Crippen LogP contribution in [0.15, 0.2) is 58.3 Å². The van der Waals surface area contributed by atoms with Gasteiger partial charge in [0.25, 0.3) is 5.91 Å². The monoisotopic (exact) mass is 338 g/mol. The van der Waals surface area contributed by atoms with Crippen molar-refractivity contribution in [3.8, 4) is 0 Å². The number of allylic oxidation sites excluding steroid dienone is 5. The Morgan fingerprint density at radius 2 is 2.00 bits per heavy atom. The van der Waals surface area contributed by atoms with Gasteiger partial charge in [0.05, 0.1) is 0 Å². The van der Waals surface area contributed by atoms with Crippen molar-refractivity contribution in [2.45, 2.75) is 34.1 Å². The number of amidine groups is 1. The van der Waals surface area contributed by atoms with Gasteiger partial charge in [-0.25, -0.2) is 9.98 Å². The molecular weight excluding hydrogens is 312 g/mol. The average Bonchev–Trinajstić information content (AvgIpc) is 2.63. The predicted molar refractivity (Wildman–Crippen MR) is 106 cm³/mol. The Labute approximate surface area is 150 Å². The molecule has 5 nitrogen and oxygen atoms in total. The van der Waals surface area contributed by atoms with Gasteiger partial charge in [-0.1, -0.05) is 25.6 Å². The lowest BCUT2D eigenvalue weighted by molar-refractivity contribution is 0.0958. The van der Waals surface area contributed by atoms with E-state index in [0.29, 0.717) is 5.69 Å². The van der Waals surface area contributed by atoms with Crippen LogP contribution in [0.25, 0.3) is 5.57 Å². The van der Waals surface area contributed by atoms with Gasteiger partial charge < -0.3 is 5.32 Å². The van der Waals surface area contributed by atoms with Gasteiger partial charge in [0.1, 0.15) is 11.5 Å². The lowest BCUT2D eigenvalue weighted by Gasteiger charge is -2.06. The number of carbonyl (C=O) groups is 1. The van der Waals surface area contributed by atoms with Crippen LogP contribution >= 0.6 is 0 Å². The normalized spacial score (nSPS) is 13.2. The van der Waals surface area contributed by atoms with E-state index in [4.69, 9.17) is 0 Å². The molecule has 1 rings (SSSR count). The van der Waals surface area contributed by atoms with Crippen LogP contribution in [0, 0.1) is 0 Å². The first-order valence-electron chi connectivity index (χ1n) is 8.19. The highest BCUT2D eigenvalue weighted by molar-refractivity contribution is 5.92. The molecule has 5 heteroatoms. The molecule has 1 amide bonds. The number of rotatable bonds is 6. The third-order valence-corrected chi connectivity index (χ3v) is 3.42. The fourth-order valence-corrected chi connectivity index (χ4v) is 1.95. The standard InChI is InChI=1S/C20H26N4O/c1-7-12-22-17(5)24-15(3)9-8-14(2)16(4)18-10-11-19(23-13-18)20(25)21-6/h8-13H,4,7H2,1-3,5-6H3,(H,21,25)/b14-8+,15-9+,22-12?,24-17?. The fraction of sp³-hybridized carbons (Fsp3) is 0.300. The minimum atomic E-state index is -0.207. The van der Waals surface area contributed by atoms with Crippen molar-refractivity contribution in [3.63, 3.8) is 0 Å². The molecule has 0 radical (unpaired) electrons. The Hall–Kier alpha value is -2.82. The van der Waals surface area contributed by atoms with Crippen LogP contribution in [0.2, 0.25) is 0 Å². The van der Waals surface area contributed by atoms with Crippen molar-refractivity contribution >= 4 is 23.5 Å². The Kier molecular flexibility index (Phi) is 8.19. The van der Waals surface area contributed by atoms with Crippen molar-refractivity contribution in [3.05, 3.63) is 59.6 Å². The summed E-state index contributed by atoms with van der Waals surface area (Å²) in [5.41, 5.74) is 3.98. The molecule has 0 saturated carbocycles. The zero-order chi connectivity index (χ0) is 18.8. The molecule has 1 aromatic heterocycles. The summed E-state index contributed by atoms with van der Waals surface area (Å²) in [5, 5.41) is 2.55. The van der Waals surface area contributed by atoms with Gasteiger partial charge in [-0.05, 0) is 56.0 Å². The first kappa shape index (κ1) is 20.2. The number of carbonyl (C=O) groups excluding carboxylic acids is 1. The average molecular weight is 338 g/mol. The highest BCUT2D eigenvalue weighted by Gasteiger charge is 2.06. The van der Waals surface area contributed by atoms with E-state index in [9.17, 15) is 4.79 Å². The lowest BCUT2D eigenvalue weighted by Crippen LogP contribution is -2.19. The fourth-order valence-electron chi connectivity index (χ4n) is 1.95. The van der Waals surface area contributed by atoms with Gasteiger partial charge in [0.15, 0.2) is 0 Å². The van der Waals surface area contributed by atoms with Crippen molar-refractivity contribution in [2.24, 2.45) is 9.98 Å². The maximum atomic E-state index is 11.5. The van der Waals surface area contributed by atoms with Crippen LogP contribution in [0.5, 0.6) is 0 Å². The predicted octanol–water partition coefficient (Wildman–Crippen LogP) is 4.20. The molecule has 0 bridgehead atoms. The Morgan fingerprint density at radius 3 is 2.56 bits per heavy atom. The van der Waals surface area contributed by atoms with Gasteiger partial charge >= 0.3 is 0 Å². The number of nitrogens with zero attached hydrogens (tertiary/aromatic N) is 3. The zero-order valence-corrected chi connectivity index (χ0v) is 15.6. The van der Waals surface area contributed by atoms with Gasteiger partial charge in [0.2, 0.25) is 0 Å². The quantitative estimate of drug-likeness (QED) is 0.480. The first-order valence-corrected chi connectivity index (χ1v) is 8.19. The van der Waals surface area contributed by atoms with Crippen LogP contribution in [0.1, 0.15) is 50.2 Å². The molecule has 0 aliphatic heterocycles. The van der Waals surface area contributed by atoms with Crippen molar-refractivity contribution in [1.29, 1.82) is 0 Å². The highest BCUT2D eigenvalue weighted by atomic mass is 16.1. The maximum absolute atomic E-state index is 11.5. The molecule has 132 valence electrons. The Balaban J connectivity index is 2.87. The Bertz CT molecular complexity index is 737. The third-order valence-electron chi connectivity index (χ3n) is 3.42. The topological polar surface area (TPSA) is 66.7 Å². The molecule has 0 aliphatic carbocycles. The molecule has 0 spiro atoms. The SMILES string of the molecule is C=C(/C(C)=C/C=C(\C)N=C(C)N=CCC)c1ccc(C(=O)NC)nc1. The highest BCUT2D eigenvalue weighted by Crippen LogP contribution is 2.20. The van der Waals surface area contributed by atoms with Crippen LogP contribution in [0.4, 0.5) is 0 Å². The van der Waals surface area contributed by atoms with E-state index in [1.54, 1.807) is 19.3 Å². The molecule has 0 atom stereocenters. The summed E-state index contributed by atoms with van der Waals surface area (Å²) in [6, 6.07) is 3.53. The van der Waals surface area contributed by atoms with Crippen molar-refractivity contribution in [2.75, 3.05) is 7.05 Å². The maximum Gasteiger partial charge on any atom is 0.269 e. The minimum Gasteiger partial charge on any atom is -0.354 e. The largest absolute Gasteiger partial charge is 0.354 e. The van der Waals surface area contributed by atoms with E-state index in [1.807, 2.05) is 52.1 Å². The molecule has 1 heterocycles. The second-order valence-corrected chi connectivity index (χ2v) is 5.53. The molecule has 1 aromatic rings. The summed E-state index contributed by atoms with van der Waals surface area (Å²) in [4.78, 5) is 24.3. The zero-order valence-electron chi connectivity index (χ0n) is 15.6. The van der Waals surface area contributed by atoms with E-state index in [2.05, 4.69) is 26.9 Å². The van der Waals surface area contributed by atoms with Gasteiger partial charge in [0, 0.05) is 25.2 Å². The summed E-state index contributed by atoms with van der Waals surface area (Å²) >= 11 is 0.